The standard InChI is InChI=1S/C62H74F6O8S2.6H2/c1-7-13-19-25-35-59(36-26-20-14-8-2)51-41-45(73-77-76-75-61(63,64)65)31-33-47(51)55-53(59)43-49-50(57(55)71-39-29-23-17-11-5)44-54-56(58(49)72-40-30-24-18-12-6)48-34-32-46(74-78(69,70)62(66,67)68)42-52(48)60(54,37-27-21-15-9-3)38-28-22-16-10-4;;;;;;/h5,31-34,41-44H,7-10,12-16,18-22,24-28,30,35-38,40H2,1-4,6H3;6*1H. The van der Waals surface area contributed by atoms with Gasteiger partial charge >= 0.3 is 22.0 Å². The van der Waals surface area contributed by atoms with Crippen LogP contribution in [0.1, 0.15) is 220 Å². The van der Waals surface area contributed by atoms with Gasteiger partial charge < -0.3 is 17.8 Å². The highest BCUT2D eigenvalue weighted by atomic mass is 32.2. The normalized spacial score (nSPS) is 13.8. The van der Waals surface area contributed by atoms with Crippen LogP contribution in [0.25, 0.3) is 33.0 Å². The van der Waals surface area contributed by atoms with Crippen LogP contribution in [0.5, 0.6) is 23.0 Å². The lowest BCUT2D eigenvalue weighted by molar-refractivity contribution is -0.441. The molecule has 0 heterocycles. The Kier molecular flexibility index (Phi) is 22.9. The number of rotatable bonds is 33. The Balaban J connectivity index is 0.0000115. The van der Waals surface area contributed by atoms with Crippen LogP contribution in [0.4, 0.5) is 26.3 Å². The number of hydrogen-bond donors (Lipinski definition) is 0. The molecule has 436 valence electrons. The third-order valence-corrected chi connectivity index (χ3v) is 16.5. The second kappa shape index (κ2) is 28.8. The molecule has 4 aromatic rings. The molecule has 0 saturated heterocycles. The fourth-order valence-corrected chi connectivity index (χ4v) is 12.4. The second-order valence-electron chi connectivity index (χ2n) is 20.5. The molecule has 0 radical (unpaired) electrons. The largest absolute Gasteiger partial charge is 0.550 e. The third kappa shape index (κ3) is 14.8. The Labute approximate surface area is 472 Å². The van der Waals surface area contributed by atoms with Crippen LogP contribution >= 0.6 is 12.3 Å². The maximum absolute atomic E-state index is 14.0. The van der Waals surface area contributed by atoms with Crippen LogP contribution in [0, 0.1) is 36.2 Å². The van der Waals surface area contributed by atoms with E-state index in [1.807, 2.05) is 12.1 Å². The van der Waals surface area contributed by atoms with E-state index in [2.05, 4.69) is 85.8 Å². The summed E-state index contributed by atoms with van der Waals surface area (Å²) in [4.78, 5) is 3.54. The van der Waals surface area contributed by atoms with E-state index >= 15 is 0 Å². The van der Waals surface area contributed by atoms with E-state index in [0.717, 1.165) is 173 Å². The summed E-state index contributed by atoms with van der Waals surface area (Å²) in [5.74, 6) is 11.1. The molecule has 6 rings (SSSR count). The van der Waals surface area contributed by atoms with E-state index in [4.69, 9.17) is 24.3 Å². The Morgan fingerprint density at radius 1 is 0.564 bits per heavy atom. The van der Waals surface area contributed by atoms with Crippen LogP contribution in [0.3, 0.4) is 0 Å². The molecule has 0 amide bonds. The van der Waals surface area contributed by atoms with E-state index in [9.17, 15) is 34.8 Å². The highest BCUT2D eigenvalue weighted by Crippen LogP contribution is 2.64. The zero-order valence-electron chi connectivity index (χ0n) is 45.7. The number of benzene rings is 4. The van der Waals surface area contributed by atoms with Crippen molar-refractivity contribution in [3.8, 4) is 81.5 Å². The average molecular weight is 1140 g/mol. The summed E-state index contributed by atoms with van der Waals surface area (Å²) in [5, 5.41) is 1.38. The van der Waals surface area contributed by atoms with Crippen molar-refractivity contribution >= 4 is 33.2 Å². The minimum Gasteiger partial charge on any atom is -0.492 e. The molecule has 0 atom stereocenters. The molecule has 2 aliphatic rings. The van der Waals surface area contributed by atoms with Crippen LogP contribution in [-0.2, 0) is 30.2 Å². The van der Waals surface area contributed by atoms with Gasteiger partial charge in [0.25, 0.3) is 12.3 Å². The predicted octanol–water partition coefficient (Wildman–Crippen LogP) is 20.3. The lowest BCUT2D eigenvalue weighted by Gasteiger charge is -2.34. The van der Waals surface area contributed by atoms with Crippen molar-refractivity contribution in [3.05, 3.63) is 70.8 Å². The van der Waals surface area contributed by atoms with Gasteiger partial charge in [0.15, 0.2) is 5.75 Å². The molecule has 0 unspecified atom stereocenters. The smallest absolute Gasteiger partial charge is 0.492 e. The molecule has 8 nitrogen and oxygen atoms in total. The van der Waals surface area contributed by atoms with Gasteiger partial charge in [0, 0.05) is 53.1 Å². The van der Waals surface area contributed by atoms with Crippen molar-refractivity contribution in [1.29, 1.82) is 0 Å². The van der Waals surface area contributed by atoms with E-state index in [-0.39, 0.29) is 26.6 Å². The fourth-order valence-electron chi connectivity index (χ4n) is 11.6. The predicted molar refractivity (Wildman–Crippen MR) is 311 cm³/mol. The molecule has 0 aliphatic heterocycles. The summed E-state index contributed by atoms with van der Waals surface area (Å²) in [6.45, 7) is 11.0. The third-order valence-electron chi connectivity index (χ3n) is 15.2. The molecule has 0 spiro atoms. The van der Waals surface area contributed by atoms with Gasteiger partial charge in [-0.15, -0.1) is 28.8 Å². The molecule has 4 aromatic carbocycles. The Morgan fingerprint density at radius 2 is 1.03 bits per heavy atom. The van der Waals surface area contributed by atoms with Gasteiger partial charge in [-0.05, 0) is 114 Å². The van der Waals surface area contributed by atoms with Gasteiger partial charge in [0.2, 0.25) is 0 Å². The molecule has 0 fully saturated rings. The van der Waals surface area contributed by atoms with Crippen LogP contribution in [-0.4, -0.2) is 26.9 Å². The van der Waals surface area contributed by atoms with Gasteiger partial charge in [-0.1, -0.05) is 169 Å². The van der Waals surface area contributed by atoms with E-state index < -0.39 is 38.6 Å². The zero-order chi connectivity index (χ0) is 56.4. The van der Waals surface area contributed by atoms with Crippen molar-refractivity contribution in [2.75, 3.05) is 6.61 Å². The summed E-state index contributed by atoms with van der Waals surface area (Å²) in [7, 11) is -6.01. The first-order valence-corrected chi connectivity index (χ1v) is 30.0. The lowest BCUT2D eigenvalue weighted by Crippen LogP contribution is -2.28. The molecule has 2 aliphatic carbocycles. The summed E-state index contributed by atoms with van der Waals surface area (Å²) < 4.78 is 135. The Bertz CT molecular complexity index is 2950. The van der Waals surface area contributed by atoms with Gasteiger partial charge in [-0.25, -0.2) is 0 Å². The first-order chi connectivity index (χ1) is 37.5. The number of ether oxygens (including phenoxy) is 2. The first-order valence-electron chi connectivity index (χ1n) is 28.0. The highest BCUT2D eigenvalue weighted by molar-refractivity contribution is 7.90. The van der Waals surface area contributed by atoms with Gasteiger partial charge in [-0.3, -0.25) is 0 Å². The summed E-state index contributed by atoms with van der Waals surface area (Å²) >= 11 is 0.0594. The maximum Gasteiger partial charge on any atom is 0.550 e. The fraction of sp³-hybridized carbons (Fsp3) is 0.548. The van der Waals surface area contributed by atoms with Crippen molar-refractivity contribution in [3.63, 3.8) is 0 Å². The van der Waals surface area contributed by atoms with E-state index in [1.54, 1.807) is 12.1 Å². The summed E-state index contributed by atoms with van der Waals surface area (Å²) in [6, 6.07) is 14.2. The van der Waals surface area contributed by atoms with Gasteiger partial charge in [0.1, 0.15) is 23.4 Å². The highest BCUT2D eigenvalue weighted by Gasteiger charge is 2.51. The molecule has 0 bridgehead atoms. The SMILES string of the molecule is C#CC#CC#COc1c2c(cc3c(OCCCCCC)c4c(cc13)C(CCCCCC)(CCCCCC)c1cc(OS(=O)(=O)C(F)(F)F)ccc1-4)C(CCCCCC)(CCCCCC)c1cc(OSOOC(F)(F)F)ccc1-2.[HH].[HH].[HH].[HH].[HH].[HH]. The van der Waals surface area contributed by atoms with Crippen molar-refractivity contribution in [1.82, 2.24) is 0 Å². The quantitative estimate of drug-likeness (QED) is 0.00676. The van der Waals surface area contributed by atoms with Gasteiger partial charge in [-0.2, -0.15) is 21.6 Å². The minimum atomic E-state index is -6.01. The Hall–Kier alpha value is -5.18. The van der Waals surface area contributed by atoms with Crippen LogP contribution < -0.4 is 17.8 Å². The average Bonchev–Trinajstić information content (AvgIpc) is 1.98. The molecule has 0 N–H and O–H groups in total. The first kappa shape index (κ1) is 62.0. The molecule has 78 heavy (non-hydrogen) atoms. The molecule has 16 heteroatoms. The van der Waals surface area contributed by atoms with Crippen molar-refractivity contribution in [2.45, 2.75) is 211 Å². The molecule has 0 saturated carbocycles. The number of alkyl halides is 6. The lowest BCUT2D eigenvalue weighted by atomic mass is 9.69. The second-order valence-corrected chi connectivity index (χ2v) is 22.5. The minimum absolute atomic E-state index is 0. The van der Waals surface area contributed by atoms with Crippen LogP contribution in [0.15, 0.2) is 48.5 Å². The number of fused-ring (bicyclic) bond motifs is 7. The summed E-state index contributed by atoms with van der Waals surface area (Å²) in [6.07, 6.45) is 24.4. The number of unbranched alkanes of at least 4 members (excludes halogenated alkanes) is 15. The maximum atomic E-state index is 14.0. The summed E-state index contributed by atoms with van der Waals surface area (Å²) in [5.41, 5.74) is -0.680. The molecular weight excluding hydrogens is 1050 g/mol. The Morgan fingerprint density at radius 3 is 1.50 bits per heavy atom. The van der Waals surface area contributed by atoms with Crippen molar-refractivity contribution in [2.24, 2.45) is 0 Å². The number of halogens is 6. The van der Waals surface area contributed by atoms with E-state index in [1.165, 1.54) is 12.1 Å². The molecular formula is C62H86F6O8S2. The zero-order valence-corrected chi connectivity index (χ0v) is 47.4. The monoisotopic (exact) mass is 1140 g/mol. The number of terminal acetylenes is 1. The topological polar surface area (TPSA) is 89.5 Å². The van der Waals surface area contributed by atoms with Crippen LogP contribution in [0.2, 0.25) is 0 Å². The number of hydrogen-bond acceptors (Lipinski definition) is 9. The van der Waals surface area contributed by atoms with Crippen molar-refractivity contribution < 1.29 is 70.4 Å². The van der Waals surface area contributed by atoms with Gasteiger partial charge in [0.05, 0.1) is 6.61 Å². The molecule has 0 aromatic heterocycles. The van der Waals surface area contributed by atoms with E-state index in [0.29, 0.717) is 54.7 Å².